The van der Waals surface area contributed by atoms with Gasteiger partial charge in [-0.2, -0.15) is 15.0 Å². The van der Waals surface area contributed by atoms with Crippen LogP contribution in [0.15, 0.2) is 182 Å². The quantitative estimate of drug-likeness (QED) is 0.244. The van der Waals surface area contributed by atoms with Crippen molar-refractivity contribution in [1.82, 2.24) is 15.0 Å². The van der Waals surface area contributed by atoms with Crippen LogP contribution in [-0.2, 0) is 14.4 Å². The van der Waals surface area contributed by atoms with E-state index < -0.39 is 32.5 Å². The highest BCUT2D eigenvalue weighted by Gasteiger charge is 2.46. The van der Waals surface area contributed by atoms with E-state index in [0.717, 1.165) is 57.8 Å². The molecule has 9 nitrogen and oxygen atoms in total. The van der Waals surface area contributed by atoms with E-state index in [1.165, 1.54) is 0 Å². The Hall–Kier alpha value is -6.48. The number of hydrogen-bond acceptors (Lipinski definition) is 6. The van der Waals surface area contributed by atoms with E-state index in [1.807, 2.05) is 39.0 Å². The molecule has 3 unspecified atom stereocenters. The third kappa shape index (κ3) is 12.2. The Balaban J connectivity index is 1.14. The van der Waals surface area contributed by atoms with E-state index in [1.54, 1.807) is 0 Å². The Morgan fingerprint density at radius 3 is 0.727 bits per heavy atom. The fourth-order valence-electron chi connectivity index (χ4n) is 9.46. The summed E-state index contributed by atoms with van der Waals surface area (Å²) in [6.45, 7) is 5.71. The Bertz CT molecular complexity index is 2100. The lowest BCUT2D eigenvalue weighted by molar-refractivity contribution is -0.123. The number of allylic oxidation sites excluding steroid dienone is 27. The summed E-state index contributed by atoms with van der Waals surface area (Å²) in [5.74, 6) is -1.20. The van der Waals surface area contributed by atoms with Crippen LogP contribution in [0, 0.1) is 32.5 Å². The minimum Gasteiger partial charge on any atom is -0.294 e. The largest absolute Gasteiger partial charge is 0.294 e. The van der Waals surface area contributed by atoms with Crippen LogP contribution in [0.4, 0.5) is 17.8 Å². The average Bonchev–Trinajstić information content (AvgIpc) is 3.94. The molecule has 7 rings (SSSR count). The van der Waals surface area contributed by atoms with Gasteiger partial charge >= 0.3 is 0 Å². The van der Waals surface area contributed by atoms with E-state index in [0.29, 0.717) is 19.3 Å². The molecule has 0 saturated heterocycles. The topological polar surface area (TPSA) is 126 Å². The average molecular weight is 883 g/mol. The van der Waals surface area contributed by atoms with E-state index in [-0.39, 0.29) is 35.6 Å². The molecule has 0 bridgehead atoms. The zero-order valence-electron chi connectivity index (χ0n) is 38.9. The summed E-state index contributed by atoms with van der Waals surface area (Å²) in [5, 5.41) is 8.84. The Labute approximate surface area is 392 Å². The first kappa shape index (κ1) is 47.5. The number of carbonyl (C=O) groups excluding carboxylic acids is 3. The second kappa shape index (κ2) is 21.2. The van der Waals surface area contributed by atoms with Crippen LogP contribution in [0.5, 0.6) is 0 Å². The van der Waals surface area contributed by atoms with Gasteiger partial charge in [0.1, 0.15) is 0 Å². The fraction of sp³-hybridized carbons (Fsp3) is 0.368. The molecular formula is C57H66N6O3. The van der Waals surface area contributed by atoms with Crippen LogP contribution >= 0.6 is 0 Å². The van der Waals surface area contributed by atoms with Gasteiger partial charge < -0.3 is 0 Å². The minimum atomic E-state index is -0.926. The Morgan fingerprint density at radius 1 is 0.318 bits per heavy atom. The van der Waals surface area contributed by atoms with Crippen LogP contribution in [0.3, 0.4) is 0 Å². The molecule has 0 aromatic carbocycles. The summed E-state index contributed by atoms with van der Waals surface area (Å²) in [4.78, 5) is 56.9. The van der Waals surface area contributed by atoms with Crippen molar-refractivity contribution in [3.8, 4) is 0 Å². The van der Waals surface area contributed by atoms with Crippen molar-refractivity contribution in [3.63, 3.8) is 0 Å². The maximum atomic E-state index is 14.4. The number of anilines is 3. The standard InChI is InChI=1S/C57H66N6O3/c1-52(37-40-55(43-52)31-25-19-13-7-4-8-14-20-26-32-55)46(64)58-49-61-50(59-47(65)53(2)38-41-56(44-53)33-27-21-15-9-5-10-16-22-28-34-56)63-51(62-49)60-48(66)54(3)39-42-57(45-54)35-29-23-17-11-6-12-18-24-30-36-57/h7-18,25-42H,4-6,19-24,43-45H2,1-3H3,(H3,58,59,60,61,62,63,64,65,66)/b13-7-,14-8-,15-9-,16-10-,17-11-,18-12-,31-25-,32-26-,33-27-,34-28-,35-29-,36-30-. The number of nitrogens with one attached hydrogen (secondary N) is 3. The fourth-order valence-corrected chi connectivity index (χ4v) is 9.46. The molecule has 0 saturated carbocycles. The van der Waals surface area contributed by atoms with Crippen molar-refractivity contribution in [3.05, 3.63) is 182 Å². The third-order valence-corrected chi connectivity index (χ3v) is 13.2. The predicted molar refractivity (Wildman–Crippen MR) is 270 cm³/mol. The number of rotatable bonds is 6. The second-order valence-electron chi connectivity index (χ2n) is 19.2. The molecule has 342 valence electrons. The lowest BCUT2D eigenvalue weighted by Gasteiger charge is -2.28. The molecule has 0 fully saturated rings. The summed E-state index contributed by atoms with van der Waals surface area (Å²) in [7, 11) is 0. The molecule has 3 spiro atoms. The van der Waals surface area contributed by atoms with Crippen molar-refractivity contribution in [1.29, 1.82) is 0 Å². The molecule has 66 heavy (non-hydrogen) atoms. The van der Waals surface area contributed by atoms with Crippen LogP contribution in [0.1, 0.15) is 97.8 Å². The van der Waals surface area contributed by atoms with Gasteiger partial charge in [0.05, 0.1) is 16.2 Å². The summed E-state index contributed by atoms with van der Waals surface area (Å²) in [6.07, 6.45) is 72.9. The first-order valence-electron chi connectivity index (χ1n) is 23.6. The summed E-state index contributed by atoms with van der Waals surface area (Å²) < 4.78 is 0. The molecule has 6 aliphatic carbocycles. The van der Waals surface area contributed by atoms with Gasteiger partial charge in [0.2, 0.25) is 35.6 Å². The van der Waals surface area contributed by atoms with E-state index in [2.05, 4.69) is 195 Å². The molecule has 3 atom stereocenters. The van der Waals surface area contributed by atoms with Gasteiger partial charge in [0.25, 0.3) is 0 Å². The molecule has 6 aliphatic rings. The molecule has 0 aliphatic heterocycles. The molecule has 1 aromatic heterocycles. The molecular weight excluding hydrogens is 817 g/mol. The lowest BCUT2D eigenvalue weighted by Crippen LogP contribution is -2.35. The smallest absolute Gasteiger partial charge is 0.236 e. The van der Waals surface area contributed by atoms with Crippen LogP contribution in [0.25, 0.3) is 0 Å². The van der Waals surface area contributed by atoms with Crippen molar-refractivity contribution in [2.24, 2.45) is 32.5 Å². The molecule has 9 heteroatoms. The van der Waals surface area contributed by atoms with Gasteiger partial charge in [-0.05, 0) is 97.8 Å². The van der Waals surface area contributed by atoms with Gasteiger partial charge in [0, 0.05) is 16.2 Å². The van der Waals surface area contributed by atoms with Gasteiger partial charge in [-0.25, -0.2) is 0 Å². The maximum Gasteiger partial charge on any atom is 0.236 e. The third-order valence-electron chi connectivity index (χ3n) is 13.2. The molecule has 3 amide bonds. The van der Waals surface area contributed by atoms with Gasteiger partial charge in [-0.3, -0.25) is 30.3 Å². The van der Waals surface area contributed by atoms with Crippen LogP contribution < -0.4 is 16.0 Å². The van der Waals surface area contributed by atoms with Crippen molar-refractivity contribution >= 4 is 35.6 Å². The number of nitrogens with zero attached hydrogens (tertiary/aromatic N) is 3. The van der Waals surface area contributed by atoms with Gasteiger partial charge in [-0.15, -0.1) is 0 Å². The Kier molecular flexibility index (Phi) is 15.3. The molecule has 1 heterocycles. The zero-order valence-corrected chi connectivity index (χ0v) is 38.9. The monoisotopic (exact) mass is 883 g/mol. The second-order valence-corrected chi connectivity index (χ2v) is 19.2. The maximum absolute atomic E-state index is 14.4. The highest BCUT2D eigenvalue weighted by Crippen LogP contribution is 2.49. The van der Waals surface area contributed by atoms with E-state index >= 15 is 0 Å². The van der Waals surface area contributed by atoms with E-state index in [4.69, 9.17) is 0 Å². The number of amides is 3. The molecule has 3 N–H and O–H groups in total. The summed E-state index contributed by atoms with van der Waals surface area (Å²) in [6, 6.07) is 0. The van der Waals surface area contributed by atoms with Gasteiger partial charge in [-0.1, -0.05) is 182 Å². The highest BCUT2D eigenvalue weighted by atomic mass is 16.2. The predicted octanol–water partition coefficient (Wildman–Crippen LogP) is 12.8. The minimum absolute atomic E-state index is 0.0824. The molecule has 0 radical (unpaired) electrons. The number of aromatic nitrogens is 3. The Morgan fingerprint density at radius 2 is 0.515 bits per heavy atom. The van der Waals surface area contributed by atoms with Gasteiger partial charge in [0.15, 0.2) is 0 Å². The van der Waals surface area contributed by atoms with Crippen molar-refractivity contribution < 1.29 is 14.4 Å². The normalized spacial score (nSPS) is 33.1. The first-order valence-corrected chi connectivity index (χ1v) is 23.6. The highest BCUT2D eigenvalue weighted by molar-refractivity contribution is 5.99. The summed E-state index contributed by atoms with van der Waals surface area (Å²) in [5.41, 5.74) is -4.14. The van der Waals surface area contributed by atoms with Crippen molar-refractivity contribution in [2.75, 3.05) is 16.0 Å². The molecule has 1 aromatic rings. The van der Waals surface area contributed by atoms with Crippen molar-refractivity contribution in [2.45, 2.75) is 97.8 Å². The zero-order chi connectivity index (χ0) is 46.4. The summed E-state index contributed by atoms with van der Waals surface area (Å²) >= 11 is 0. The van der Waals surface area contributed by atoms with Crippen LogP contribution in [0.2, 0.25) is 0 Å². The number of carbonyl (C=O) groups is 3. The van der Waals surface area contributed by atoms with E-state index in [9.17, 15) is 14.4 Å². The number of hydrogen-bond donors (Lipinski definition) is 3. The lowest BCUT2D eigenvalue weighted by atomic mass is 9.77. The first-order chi connectivity index (χ1) is 31.9. The SMILES string of the molecule is CC1(C(=O)Nc2nc(NC(=O)C3(C)C=CC4(/C=C\C/C=C\C/C=C\C/C=C\4)C3)nc(NC(=O)C3(C)C=CC4(/C=C\C/C=C\C/C=C\C/C=C\4)C3)n2)C=CC2(/C=C\C/C=C\C/C=C\C/C=C\2)C1. The van der Waals surface area contributed by atoms with Crippen LogP contribution in [-0.4, -0.2) is 32.7 Å².